The van der Waals surface area contributed by atoms with Crippen LogP contribution in [0, 0.1) is 10.1 Å². The minimum absolute atomic E-state index is 0.0499. The first-order chi connectivity index (χ1) is 8.99. The van der Waals surface area contributed by atoms with Gasteiger partial charge in [-0.25, -0.2) is 0 Å². The molecule has 0 saturated carbocycles. The molecule has 2 rings (SSSR count). The number of rotatable bonds is 3. The molecule has 0 amide bonds. The van der Waals surface area contributed by atoms with Crippen LogP contribution in [0.15, 0.2) is 24.3 Å². The van der Waals surface area contributed by atoms with E-state index in [4.69, 9.17) is 4.74 Å². The van der Waals surface area contributed by atoms with E-state index in [2.05, 4.69) is 5.32 Å². The van der Waals surface area contributed by atoms with Crippen molar-refractivity contribution in [1.82, 2.24) is 0 Å². The first-order valence-electron chi connectivity index (χ1n) is 5.66. The molecule has 104 valence electrons. The fraction of sp³-hybridized carbons (Fsp3) is 0.455. The zero-order chi connectivity index (χ0) is 14.0. The average molecular weight is 270 g/mol. The number of aliphatic hydroxyl groups is 3. The van der Waals surface area contributed by atoms with Crippen molar-refractivity contribution in [2.45, 2.75) is 24.5 Å². The van der Waals surface area contributed by atoms with Crippen molar-refractivity contribution in [3.05, 3.63) is 34.4 Å². The van der Waals surface area contributed by atoms with Crippen LogP contribution in [0.5, 0.6) is 0 Å². The summed E-state index contributed by atoms with van der Waals surface area (Å²) in [5.74, 6) is 0. The van der Waals surface area contributed by atoms with Gasteiger partial charge in [0.05, 0.1) is 11.5 Å². The highest BCUT2D eigenvalue weighted by Crippen LogP contribution is 2.20. The number of ether oxygens (including phenoxy) is 1. The topological polar surface area (TPSA) is 125 Å². The quantitative estimate of drug-likeness (QED) is 0.428. The Labute approximate surface area is 108 Å². The second-order valence-corrected chi connectivity index (χ2v) is 4.25. The van der Waals surface area contributed by atoms with E-state index in [1.165, 1.54) is 24.3 Å². The minimum atomic E-state index is -1.30. The van der Waals surface area contributed by atoms with E-state index in [0.717, 1.165) is 0 Å². The third-order valence-electron chi connectivity index (χ3n) is 2.89. The Morgan fingerprint density at radius 2 is 1.84 bits per heavy atom. The van der Waals surface area contributed by atoms with E-state index >= 15 is 0 Å². The zero-order valence-electron chi connectivity index (χ0n) is 9.84. The predicted molar refractivity (Wildman–Crippen MR) is 64.5 cm³/mol. The van der Waals surface area contributed by atoms with Crippen LogP contribution >= 0.6 is 0 Å². The standard InChI is InChI=1S/C11H14N2O6/c14-8-5-19-11(10(16)9(8)15)12-6-1-3-7(4-2-6)13(17)18/h1-4,8-12,14-16H,5H2/t8-,9-,10+,11+/m1/s1. The smallest absolute Gasteiger partial charge is 0.269 e. The van der Waals surface area contributed by atoms with Gasteiger partial charge in [-0.2, -0.15) is 0 Å². The van der Waals surface area contributed by atoms with Gasteiger partial charge in [0.25, 0.3) is 5.69 Å². The van der Waals surface area contributed by atoms with Gasteiger partial charge < -0.3 is 25.4 Å². The number of anilines is 1. The Morgan fingerprint density at radius 1 is 1.21 bits per heavy atom. The zero-order valence-corrected chi connectivity index (χ0v) is 9.84. The van der Waals surface area contributed by atoms with Crippen molar-refractivity contribution in [3.63, 3.8) is 0 Å². The van der Waals surface area contributed by atoms with E-state index in [-0.39, 0.29) is 12.3 Å². The van der Waals surface area contributed by atoms with Gasteiger partial charge in [-0.1, -0.05) is 0 Å². The lowest BCUT2D eigenvalue weighted by Gasteiger charge is -2.35. The highest BCUT2D eigenvalue weighted by atomic mass is 16.6. The van der Waals surface area contributed by atoms with Crippen LogP contribution in [-0.4, -0.2) is 51.4 Å². The second kappa shape index (κ2) is 5.49. The molecule has 19 heavy (non-hydrogen) atoms. The molecule has 1 aliphatic heterocycles. The molecule has 1 heterocycles. The third-order valence-corrected chi connectivity index (χ3v) is 2.89. The SMILES string of the molecule is O=[N+]([O-])c1ccc(N[C@H]2OC[C@@H](O)[C@@H](O)[C@@H]2O)cc1. The second-order valence-electron chi connectivity index (χ2n) is 4.25. The van der Waals surface area contributed by atoms with Crippen LogP contribution in [0.2, 0.25) is 0 Å². The molecule has 0 aromatic heterocycles. The molecule has 4 N–H and O–H groups in total. The minimum Gasteiger partial charge on any atom is -0.388 e. The van der Waals surface area contributed by atoms with Crippen LogP contribution in [0.1, 0.15) is 0 Å². The highest BCUT2D eigenvalue weighted by Gasteiger charge is 2.37. The number of nitrogens with one attached hydrogen (secondary N) is 1. The van der Waals surface area contributed by atoms with Crippen molar-refractivity contribution < 1.29 is 25.0 Å². The first kappa shape index (κ1) is 13.7. The maximum absolute atomic E-state index is 10.5. The summed E-state index contributed by atoms with van der Waals surface area (Å²) in [6.07, 6.45) is -4.62. The van der Waals surface area contributed by atoms with Crippen molar-refractivity contribution >= 4 is 11.4 Å². The molecule has 1 fully saturated rings. The number of nitro benzene ring substituents is 1. The molecule has 8 nitrogen and oxygen atoms in total. The largest absolute Gasteiger partial charge is 0.388 e. The van der Waals surface area contributed by atoms with Crippen LogP contribution < -0.4 is 5.32 Å². The fourth-order valence-corrected chi connectivity index (χ4v) is 1.78. The van der Waals surface area contributed by atoms with E-state index in [1.54, 1.807) is 0 Å². The summed E-state index contributed by atoms with van der Waals surface area (Å²) in [6, 6.07) is 5.54. The van der Waals surface area contributed by atoms with Gasteiger partial charge in [-0.15, -0.1) is 0 Å². The van der Waals surface area contributed by atoms with Crippen molar-refractivity contribution in [2.75, 3.05) is 11.9 Å². The lowest BCUT2D eigenvalue weighted by atomic mass is 10.0. The molecule has 8 heteroatoms. The Balaban J connectivity index is 2.03. The molecule has 1 aromatic rings. The Hall–Kier alpha value is -1.74. The molecule has 0 radical (unpaired) electrons. The van der Waals surface area contributed by atoms with Gasteiger partial charge in [0.2, 0.25) is 0 Å². The van der Waals surface area contributed by atoms with Crippen molar-refractivity contribution in [3.8, 4) is 0 Å². The molecule has 1 aromatic carbocycles. The van der Waals surface area contributed by atoms with Gasteiger partial charge in [-0.05, 0) is 12.1 Å². The normalized spacial score (nSPS) is 30.9. The van der Waals surface area contributed by atoms with Crippen LogP contribution in [0.4, 0.5) is 11.4 Å². The van der Waals surface area contributed by atoms with E-state index < -0.39 is 29.5 Å². The van der Waals surface area contributed by atoms with Crippen molar-refractivity contribution in [2.24, 2.45) is 0 Å². The lowest BCUT2D eigenvalue weighted by Crippen LogP contribution is -2.55. The Bertz CT molecular complexity index is 451. The lowest BCUT2D eigenvalue weighted by molar-refractivity contribution is -0.384. The van der Waals surface area contributed by atoms with Crippen molar-refractivity contribution in [1.29, 1.82) is 0 Å². The van der Waals surface area contributed by atoms with E-state index in [0.29, 0.717) is 5.69 Å². The first-order valence-corrected chi connectivity index (χ1v) is 5.66. The predicted octanol–water partition coefficient (Wildman–Crippen LogP) is -0.554. The maximum atomic E-state index is 10.5. The number of hydrogen-bond acceptors (Lipinski definition) is 7. The fourth-order valence-electron chi connectivity index (χ4n) is 1.78. The number of aliphatic hydroxyl groups excluding tert-OH is 3. The molecule has 1 aliphatic rings. The number of non-ortho nitro benzene ring substituents is 1. The average Bonchev–Trinajstić information content (AvgIpc) is 2.40. The molecule has 0 bridgehead atoms. The third kappa shape index (κ3) is 2.99. The van der Waals surface area contributed by atoms with Gasteiger partial charge in [-0.3, -0.25) is 10.1 Å². The van der Waals surface area contributed by atoms with Gasteiger partial charge in [0.1, 0.15) is 18.3 Å². The number of benzene rings is 1. The summed E-state index contributed by atoms with van der Waals surface area (Å²) in [5.41, 5.74) is 0.448. The monoisotopic (exact) mass is 270 g/mol. The molecular weight excluding hydrogens is 256 g/mol. The summed E-state index contributed by atoms with van der Waals surface area (Å²) in [5, 5.41) is 41.8. The van der Waals surface area contributed by atoms with Gasteiger partial charge >= 0.3 is 0 Å². The van der Waals surface area contributed by atoms with Crippen LogP contribution in [0.3, 0.4) is 0 Å². The number of nitro groups is 1. The maximum Gasteiger partial charge on any atom is 0.269 e. The van der Waals surface area contributed by atoms with Gasteiger partial charge in [0, 0.05) is 17.8 Å². The molecule has 0 aliphatic carbocycles. The molecular formula is C11H14N2O6. The van der Waals surface area contributed by atoms with Crippen LogP contribution in [-0.2, 0) is 4.74 Å². The summed E-state index contributed by atoms with van der Waals surface area (Å²) in [6.45, 7) is -0.108. The number of hydrogen-bond donors (Lipinski definition) is 4. The molecule has 4 atom stereocenters. The van der Waals surface area contributed by atoms with Crippen LogP contribution in [0.25, 0.3) is 0 Å². The Kier molecular flexibility index (Phi) is 3.96. The van der Waals surface area contributed by atoms with E-state index in [9.17, 15) is 25.4 Å². The summed E-state index contributed by atoms with van der Waals surface area (Å²) in [7, 11) is 0. The van der Waals surface area contributed by atoms with E-state index in [1.807, 2.05) is 0 Å². The Morgan fingerprint density at radius 3 is 2.42 bits per heavy atom. The highest BCUT2D eigenvalue weighted by molar-refractivity contribution is 5.49. The van der Waals surface area contributed by atoms with Gasteiger partial charge in [0.15, 0.2) is 6.23 Å². The summed E-state index contributed by atoms with van der Waals surface area (Å²) >= 11 is 0. The summed E-state index contributed by atoms with van der Waals surface area (Å²) in [4.78, 5) is 9.97. The molecule has 1 saturated heterocycles. The molecule has 0 spiro atoms. The number of nitrogens with zero attached hydrogens (tertiary/aromatic N) is 1. The molecule has 0 unspecified atom stereocenters. The summed E-state index contributed by atoms with van der Waals surface area (Å²) < 4.78 is 5.15.